The molecule has 0 radical (unpaired) electrons. The first-order valence-corrected chi connectivity index (χ1v) is 9.69. The van der Waals surface area contributed by atoms with Gasteiger partial charge in [-0.25, -0.2) is 0 Å². The molecule has 0 aliphatic heterocycles. The number of carbonyl (C=O) groups excluding carboxylic acids is 1. The number of carbonyl (C=O) groups is 1. The number of aromatic nitrogens is 1. The number of fused-ring (bicyclic) bond motifs is 1. The van der Waals surface area contributed by atoms with Gasteiger partial charge in [-0.2, -0.15) is 13.2 Å². The van der Waals surface area contributed by atoms with Crippen molar-refractivity contribution in [1.29, 1.82) is 0 Å². The minimum absolute atomic E-state index is 0.177. The summed E-state index contributed by atoms with van der Waals surface area (Å²) in [5, 5.41) is 2.80. The predicted molar refractivity (Wildman–Crippen MR) is 117 cm³/mol. The molecule has 0 fully saturated rings. The molecular formula is C23H15ClF3N3O2. The molecule has 32 heavy (non-hydrogen) atoms. The van der Waals surface area contributed by atoms with E-state index in [1.54, 1.807) is 48.7 Å². The van der Waals surface area contributed by atoms with Crippen LogP contribution in [0.15, 0.2) is 72.9 Å². The summed E-state index contributed by atoms with van der Waals surface area (Å²) >= 11 is 5.61. The highest BCUT2D eigenvalue weighted by Crippen LogP contribution is 2.35. The Hall–Kier alpha value is -3.78. The largest absolute Gasteiger partial charge is 0.457 e. The lowest BCUT2D eigenvalue weighted by Gasteiger charge is -2.12. The van der Waals surface area contributed by atoms with Gasteiger partial charge in [0.1, 0.15) is 11.5 Å². The van der Waals surface area contributed by atoms with Gasteiger partial charge in [-0.1, -0.05) is 23.7 Å². The van der Waals surface area contributed by atoms with E-state index in [-0.39, 0.29) is 5.56 Å². The van der Waals surface area contributed by atoms with E-state index in [1.807, 2.05) is 6.07 Å². The van der Waals surface area contributed by atoms with Crippen molar-refractivity contribution in [3.63, 3.8) is 0 Å². The van der Waals surface area contributed by atoms with Crippen molar-refractivity contribution in [2.45, 2.75) is 6.18 Å². The third kappa shape index (κ3) is 4.45. The average molecular weight is 458 g/mol. The number of hydrogen-bond donors (Lipinski definition) is 2. The average Bonchev–Trinajstić information content (AvgIpc) is 2.74. The number of rotatable bonds is 4. The summed E-state index contributed by atoms with van der Waals surface area (Å²) in [6, 6.07) is 16.5. The van der Waals surface area contributed by atoms with Crippen LogP contribution in [0.4, 0.5) is 24.5 Å². The van der Waals surface area contributed by atoms with Crippen LogP contribution in [0.5, 0.6) is 11.5 Å². The molecule has 0 saturated heterocycles. The lowest BCUT2D eigenvalue weighted by molar-refractivity contribution is -0.137. The molecule has 0 aliphatic rings. The highest BCUT2D eigenvalue weighted by Gasteiger charge is 2.33. The number of benzene rings is 3. The standard InChI is InChI=1S/C23H15ClF3N3O2/c24-18-8-7-13(11-17(18)23(25,26)27)22(31)30-14-3-1-4-15(12-14)32-20-9-10-29-21-16(20)5-2-6-19(21)28/h1-12H,28H2,(H,30,31). The number of alkyl halides is 3. The number of pyridine rings is 1. The van der Waals surface area contributed by atoms with Crippen LogP contribution in [0.2, 0.25) is 5.02 Å². The van der Waals surface area contributed by atoms with E-state index in [1.165, 1.54) is 6.07 Å². The molecule has 4 aromatic rings. The van der Waals surface area contributed by atoms with Gasteiger partial charge in [0.25, 0.3) is 5.91 Å². The van der Waals surface area contributed by atoms with Crippen LogP contribution in [0.25, 0.3) is 10.9 Å². The van der Waals surface area contributed by atoms with Crippen LogP contribution in [0.1, 0.15) is 15.9 Å². The molecule has 3 N–H and O–H groups in total. The molecule has 162 valence electrons. The summed E-state index contributed by atoms with van der Waals surface area (Å²) < 4.78 is 45.2. The lowest BCUT2D eigenvalue weighted by Crippen LogP contribution is -2.14. The topological polar surface area (TPSA) is 77.2 Å². The minimum Gasteiger partial charge on any atom is -0.457 e. The smallest absolute Gasteiger partial charge is 0.417 e. The zero-order valence-corrected chi connectivity index (χ0v) is 17.0. The van der Waals surface area contributed by atoms with E-state index in [0.29, 0.717) is 39.8 Å². The van der Waals surface area contributed by atoms with Crippen LogP contribution in [-0.2, 0) is 6.18 Å². The van der Waals surface area contributed by atoms with Crippen LogP contribution < -0.4 is 15.8 Å². The summed E-state index contributed by atoms with van der Waals surface area (Å²) in [5.41, 5.74) is 6.15. The van der Waals surface area contributed by atoms with Crippen LogP contribution in [0, 0.1) is 0 Å². The van der Waals surface area contributed by atoms with Crippen molar-refractivity contribution in [1.82, 2.24) is 4.98 Å². The molecule has 4 rings (SSSR count). The van der Waals surface area contributed by atoms with Gasteiger partial charge in [0.15, 0.2) is 0 Å². The van der Waals surface area contributed by atoms with Crippen LogP contribution in [-0.4, -0.2) is 10.9 Å². The first-order chi connectivity index (χ1) is 15.2. The number of nitrogens with two attached hydrogens (primary N) is 1. The van der Waals surface area contributed by atoms with E-state index in [0.717, 1.165) is 6.07 Å². The highest BCUT2D eigenvalue weighted by atomic mass is 35.5. The summed E-state index contributed by atoms with van der Waals surface area (Å²) in [5.74, 6) is 0.203. The number of ether oxygens (including phenoxy) is 1. The Kier molecular flexibility index (Phi) is 5.63. The van der Waals surface area contributed by atoms with E-state index < -0.39 is 22.7 Å². The number of anilines is 2. The summed E-state index contributed by atoms with van der Waals surface area (Å²) in [6.07, 6.45) is -3.10. The third-order valence-corrected chi connectivity index (χ3v) is 4.95. The molecule has 0 atom stereocenters. The normalized spacial score (nSPS) is 11.4. The molecule has 1 heterocycles. The fourth-order valence-corrected chi connectivity index (χ4v) is 3.34. The summed E-state index contributed by atoms with van der Waals surface area (Å²) in [7, 11) is 0. The van der Waals surface area contributed by atoms with Crippen LogP contribution >= 0.6 is 11.6 Å². The van der Waals surface area contributed by atoms with E-state index >= 15 is 0 Å². The SMILES string of the molecule is Nc1cccc2c(Oc3cccc(NC(=O)c4ccc(Cl)c(C(F)(F)F)c4)c3)ccnc12. The Bertz CT molecular complexity index is 1330. The van der Waals surface area contributed by atoms with Gasteiger partial charge in [-0.15, -0.1) is 0 Å². The summed E-state index contributed by atoms with van der Waals surface area (Å²) in [4.78, 5) is 16.8. The minimum atomic E-state index is -4.67. The van der Waals surface area contributed by atoms with Gasteiger partial charge in [0.05, 0.1) is 21.8 Å². The van der Waals surface area contributed by atoms with Crippen molar-refractivity contribution < 1.29 is 22.7 Å². The second-order valence-electron chi connectivity index (χ2n) is 6.83. The number of nitrogens with one attached hydrogen (secondary N) is 1. The van der Waals surface area contributed by atoms with Gasteiger partial charge < -0.3 is 15.8 Å². The third-order valence-electron chi connectivity index (χ3n) is 4.62. The molecule has 9 heteroatoms. The molecule has 1 aromatic heterocycles. The van der Waals surface area contributed by atoms with E-state index in [2.05, 4.69) is 10.3 Å². The molecule has 0 aliphatic carbocycles. The second-order valence-corrected chi connectivity index (χ2v) is 7.24. The lowest BCUT2D eigenvalue weighted by atomic mass is 10.1. The predicted octanol–water partition coefficient (Wildman–Crippen LogP) is 6.53. The van der Waals surface area contributed by atoms with Gasteiger partial charge in [0, 0.05) is 28.9 Å². The fourth-order valence-electron chi connectivity index (χ4n) is 3.11. The first-order valence-electron chi connectivity index (χ1n) is 9.31. The molecule has 5 nitrogen and oxygen atoms in total. The van der Waals surface area contributed by atoms with Gasteiger partial charge in [-0.3, -0.25) is 9.78 Å². The van der Waals surface area contributed by atoms with E-state index in [9.17, 15) is 18.0 Å². The number of para-hydroxylation sites is 1. The Labute approximate surface area is 185 Å². The maximum Gasteiger partial charge on any atom is 0.417 e. The fraction of sp³-hybridized carbons (Fsp3) is 0.0435. The monoisotopic (exact) mass is 457 g/mol. The zero-order valence-electron chi connectivity index (χ0n) is 16.3. The number of nitrogen functional groups attached to an aromatic ring is 1. The molecule has 0 bridgehead atoms. The first kappa shape index (κ1) is 21.5. The van der Waals surface area contributed by atoms with Crippen LogP contribution in [0.3, 0.4) is 0 Å². The molecule has 0 spiro atoms. The Balaban J connectivity index is 1.57. The number of halogens is 4. The van der Waals surface area contributed by atoms with Crippen molar-refractivity contribution in [3.8, 4) is 11.5 Å². The Morgan fingerprint density at radius 3 is 2.59 bits per heavy atom. The molecule has 0 saturated carbocycles. The Morgan fingerprint density at radius 1 is 1.03 bits per heavy atom. The maximum atomic E-state index is 13.1. The molecule has 1 amide bonds. The van der Waals surface area contributed by atoms with Crippen molar-refractivity contribution in [2.75, 3.05) is 11.1 Å². The van der Waals surface area contributed by atoms with Gasteiger partial charge >= 0.3 is 6.18 Å². The maximum absolute atomic E-state index is 13.1. The number of hydrogen-bond acceptors (Lipinski definition) is 4. The molecule has 3 aromatic carbocycles. The highest BCUT2D eigenvalue weighted by molar-refractivity contribution is 6.31. The second kappa shape index (κ2) is 8.39. The quantitative estimate of drug-likeness (QED) is 0.341. The van der Waals surface area contributed by atoms with E-state index in [4.69, 9.17) is 22.1 Å². The summed E-state index contributed by atoms with van der Waals surface area (Å²) in [6.45, 7) is 0. The molecular weight excluding hydrogens is 443 g/mol. The van der Waals surface area contributed by atoms with Crippen molar-refractivity contribution >= 4 is 39.8 Å². The molecule has 0 unspecified atom stereocenters. The zero-order chi connectivity index (χ0) is 22.9. The van der Waals surface area contributed by atoms with Crippen molar-refractivity contribution in [2.24, 2.45) is 0 Å². The van der Waals surface area contributed by atoms with Gasteiger partial charge in [0.2, 0.25) is 0 Å². The number of nitrogens with zero attached hydrogens (tertiary/aromatic N) is 1. The van der Waals surface area contributed by atoms with Gasteiger partial charge in [-0.05, 0) is 48.5 Å². The van der Waals surface area contributed by atoms with Crippen molar-refractivity contribution in [3.05, 3.63) is 89.1 Å². The number of amides is 1. The Morgan fingerprint density at radius 2 is 1.81 bits per heavy atom.